The summed E-state index contributed by atoms with van der Waals surface area (Å²) in [4.78, 5) is 17.0. The molecule has 0 amide bonds. The van der Waals surface area contributed by atoms with Crippen LogP contribution in [0.15, 0.2) is 86.4 Å². The summed E-state index contributed by atoms with van der Waals surface area (Å²) in [5, 5.41) is 10.2. The average Bonchev–Trinajstić information content (AvgIpc) is 3.23. The molecule has 0 aliphatic carbocycles. The number of fused-ring (bicyclic) bond motifs is 3. The summed E-state index contributed by atoms with van der Waals surface area (Å²) in [6, 6.07) is 20.9. The molecule has 0 spiro atoms. The zero-order valence-electron chi connectivity index (χ0n) is 15.5. The van der Waals surface area contributed by atoms with Crippen LogP contribution < -0.4 is 11.1 Å². The number of thiazole rings is 1. The van der Waals surface area contributed by atoms with Crippen molar-refractivity contribution in [1.29, 1.82) is 0 Å². The lowest BCUT2D eigenvalue weighted by Gasteiger charge is -2.04. The third-order valence-corrected chi connectivity index (χ3v) is 5.66. The Morgan fingerprint density at radius 2 is 1.87 bits per heavy atom. The summed E-state index contributed by atoms with van der Waals surface area (Å²) in [5.41, 5.74) is 4.92. The summed E-state index contributed by atoms with van der Waals surface area (Å²) < 4.78 is 5.56. The molecule has 2 heterocycles. The summed E-state index contributed by atoms with van der Waals surface area (Å²) in [6.07, 6.45) is 1.67. The van der Waals surface area contributed by atoms with Crippen molar-refractivity contribution >= 4 is 56.0 Å². The highest BCUT2D eigenvalue weighted by atomic mass is 35.5. The van der Waals surface area contributed by atoms with Gasteiger partial charge in [-0.05, 0) is 40.6 Å². The highest BCUT2D eigenvalue weighted by Crippen LogP contribution is 2.29. The number of nitrogens with zero attached hydrogens (tertiary/aromatic N) is 2. The predicted octanol–water partition coefficient (Wildman–Crippen LogP) is 6.17. The van der Waals surface area contributed by atoms with Gasteiger partial charge in [-0.3, -0.25) is 5.43 Å². The van der Waals surface area contributed by atoms with Gasteiger partial charge in [-0.15, -0.1) is 11.3 Å². The normalized spacial score (nSPS) is 11.5. The van der Waals surface area contributed by atoms with Crippen LogP contribution in [-0.2, 0) is 0 Å². The van der Waals surface area contributed by atoms with Gasteiger partial charge in [0.25, 0.3) is 0 Å². The molecule has 0 aliphatic rings. The largest absolute Gasteiger partial charge is 0.422 e. The van der Waals surface area contributed by atoms with E-state index >= 15 is 0 Å². The summed E-state index contributed by atoms with van der Waals surface area (Å²) >= 11 is 7.24. The molecule has 5 aromatic rings. The van der Waals surface area contributed by atoms with Crippen LogP contribution in [0.4, 0.5) is 5.13 Å². The lowest BCUT2D eigenvalue weighted by atomic mass is 10.0. The quantitative estimate of drug-likeness (QED) is 0.160. The second-order valence-electron chi connectivity index (χ2n) is 6.61. The maximum Gasteiger partial charge on any atom is 0.345 e. The van der Waals surface area contributed by atoms with Crippen molar-refractivity contribution < 1.29 is 4.42 Å². The van der Waals surface area contributed by atoms with E-state index in [1.807, 2.05) is 60.0 Å². The first-order chi connectivity index (χ1) is 14.7. The Balaban J connectivity index is 1.46. The van der Waals surface area contributed by atoms with E-state index in [1.54, 1.807) is 18.3 Å². The Bertz CT molecular complexity index is 1460. The highest BCUT2D eigenvalue weighted by molar-refractivity contribution is 7.14. The summed E-state index contributed by atoms with van der Waals surface area (Å²) in [5.74, 6) is 0. The maximum absolute atomic E-state index is 12.5. The van der Waals surface area contributed by atoms with Gasteiger partial charge >= 0.3 is 5.63 Å². The van der Waals surface area contributed by atoms with E-state index in [9.17, 15) is 4.79 Å². The van der Waals surface area contributed by atoms with Gasteiger partial charge in [-0.2, -0.15) is 5.10 Å². The molecule has 146 valence electrons. The molecule has 1 N–H and O–H groups in total. The van der Waals surface area contributed by atoms with Crippen LogP contribution in [0.5, 0.6) is 0 Å². The van der Waals surface area contributed by atoms with Gasteiger partial charge in [0.1, 0.15) is 5.58 Å². The molecule has 3 aromatic carbocycles. The molecule has 5 rings (SSSR count). The highest BCUT2D eigenvalue weighted by Gasteiger charge is 2.13. The Morgan fingerprint density at radius 3 is 2.73 bits per heavy atom. The van der Waals surface area contributed by atoms with Crippen molar-refractivity contribution in [2.45, 2.75) is 0 Å². The Morgan fingerprint density at radius 1 is 1.03 bits per heavy atom. The molecule has 0 saturated heterocycles. The van der Waals surface area contributed by atoms with E-state index in [4.69, 9.17) is 16.0 Å². The third kappa shape index (κ3) is 3.58. The number of benzene rings is 3. The molecule has 0 fully saturated rings. The molecule has 0 radical (unpaired) electrons. The number of hydrazone groups is 1. The zero-order chi connectivity index (χ0) is 20.5. The number of anilines is 1. The van der Waals surface area contributed by atoms with Crippen molar-refractivity contribution in [1.82, 2.24) is 4.98 Å². The van der Waals surface area contributed by atoms with E-state index < -0.39 is 5.63 Å². The first-order valence-electron chi connectivity index (χ1n) is 9.13. The number of hydrogen-bond donors (Lipinski definition) is 1. The topological polar surface area (TPSA) is 67.5 Å². The molecule has 0 unspecified atom stereocenters. The average molecular weight is 432 g/mol. The van der Waals surface area contributed by atoms with Gasteiger partial charge in [-0.25, -0.2) is 9.78 Å². The van der Waals surface area contributed by atoms with Crippen LogP contribution >= 0.6 is 22.9 Å². The number of hydrogen-bond acceptors (Lipinski definition) is 6. The van der Waals surface area contributed by atoms with Gasteiger partial charge < -0.3 is 4.42 Å². The van der Waals surface area contributed by atoms with E-state index in [2.05, 4.69) is 15.5 Å². The monoisotopic (exact) mass is 431 g/mol. The molecule has 0 aliphatic heterocycles. The van der Waals surface area contributed by atoms with Crippen LogP contribution in [0.25, 0.3) is 33.0 Å². The van der Waals surface area contributed by atoms with Crippen molar-refractivity contribution in [3.63, 3.8) is 0 Å². The lowest BCUT2D eigenvalue weighted by Crippen LogP contribution is -2.03. The molecule has 0 bridgehead atoms. The molecular weight excluding hydrogens is 418 g/mol. The van der Waals surface area contributed by atoms with Gasteiger partial charge in [0.15, 0.2) is 0 Å². The second-order valence-corrected chi connectivity index (χ2v) is 7.90. The minimum Gasteiger partial charge on any atom is -0.422 e. The third-order valence-electron chi connectivity index (χ3n) is 4.67. The van der Waals surface area contributed by atoms with Crippen LogP contribution in [0.2, 0.25) is 5.02 Å². The van der Waals surface area contributed by atoms with Crippen LogP contribution in [0, 0.1) is 0 Å². The van der Waals surface area contributed by atoms with E-state index in [0.29, 0.717) is 27.0 Å². The van der Waals surface area contributed by atoms with Crippen molar-refractivity contribution in [3.8, 4) is 11.3 Å². The van der Waals surface area contributed by atoms with E-state index in [1.165, 1.54) is 11.3 Å². The number of halogens is 1. The zero-order valence-corrected chi connectivity index (χ0v) is 17.1. The summed E-state index contributed by atoms with van der Waals surface area (Å²) in [7, 11) is 0. The van der Waals surface area contributed by atoms with Gasteiger partial charge in [-0.1, -0.05) is 54.1 Å². The second kappa shape index (κ2) is 7.74. The van der Waals surface area contributed by atoms with Gasteiger partial charge in [0, 0.05) is 15.8 Å². The summed E-state index contributed by atoms with van der Waals surface area (Å²) in [6.45, 7) is 0. The number of aromatic nitrogens is 1. The molecule has 7 heteroatoms. The first kappa shape index (κ1) is 18.5. The van der Waals surface area contributed by atoms with Crippen molar-refractivity contribution in [3.05, 3.63) is 93.1 Å². The Labute approximate surface area is 180 Å². The van der Waals surface area contributed by atoms with Gasteiger partial charge in [0.05, 0.1) is 17.5 Å². The minimum atomic E-state index is -0.417. The predicted molar refractivity (Wildman–Crippen MR) is 124 cm³/mol. The molecule has 0 saturated carbocycles. The molecule has 5 nitrogen and oxygen atoms in total. The van der Waals surface area contributed by atoms with Crippen LogP contribution in [0.1, 0.15) is 5.56 Å². The number of rotatable bonds is 4. The van der Waals surface area contributed by atoms with Crippen LogP contribution in [0.3, 0.4) is 0 Å². The number of nitrogens with one attached hydrogen (secondary N) is 1. The lowest BCUT2D eigenvalue weighted by molar-refractivity contribution is 0.563. The fourth-order valence-electron chi connectivity index (χ4n) is 3.21. The molecule has 30 heavy (non-hydrogen) atoms. The molecule has 0 atom stereocenters. The van der Waals surface area contributed by atoms with E-state index in [-0.39, 0.29) is 0 Å². The first-order valence-corrected chi connectivity index (χ1v) is 10.4. The molecular formula is C23H14ClN3O2S. The Hall–Kier alpha value is -3.48. The Kier molecular flexibility index (Phi) is 4.78. The fourth-order valence-corrected chi connectivity index (χ4v) is 4.00. The minimum absolute atomic E-state index is 0.417. The standard InChI is InChI=1S/C23H14ClN3O2S/c24-16-8-5-14(6-9-16)12-25-27-23-26-20(13-30-23)19-11-18-17-4-2-1-3-15(17)7-10-21(18)29-22(19)28/h1-13H,(H,26,27)/b25-12+. The SMILES string of the molecule is O=c1oc2ccc3ccccc3c2cc1-c1csc(N/N=C/c2ccc(Cl)cc2)n1. The smallest absolute Gasteiger partial charge is 0.345 e. The van der Waals surface area contributed by atoms with E-state index in [0.717, 1.165) is 21.7 Å². The van der Waals surface area contributed by atoms with Crippen molar-refractivity contribution in [2.24, 2.45) is 5.10 Å². The van der Waals surface area contributed by atoms with Crippen LogP contribution in [-0.4, -0.2) is 11.2 Å². The fraction of sp³-hybridized carbons (Fsp3) is 0. The van der Waals surface area contributed by atoms with Crippen molar-refractivity contribution in [2.75, 3.05) is 5.43 Å². The molecule has 2 aromatic heterocycles. The van der Waals surface area contributed by atoms with Gasteiger partial charge in [0.2, 0.25) is 5.13 Å². The maximum atomic E-state index is 12.5.